The molecule has 2 amide bonds. The quantitative estimate of drug-likeness (QED) is 0.351. The minimum Gasteiger partial charge on any atom is -0.494 e. The summed E-state index contributed by atoms with van der Waals surface area (Å²) in [5, 5.41) is 1.13. The van der Waals surface area contributed by atoms with Crippen LogP contribution in [0, 0.1) is 6.92 Å². The van der Waals surface area contributed by atoms with Crippen molar-refractivity contribution in [1.82, 2.24) is 10.4 Å². The maximum Gasteiger partial charge on any atom is 0.285 e. The Balaban J connectivity index is 1.64. The minimum absolute atomic E-state index is 0.295. The van der Waals surface area contributed by atoms with Crippen LogP contribution in [0.5, 0.6) is 5.75 Å². The summed E-state index contributed by atoms with van der Waals surface area (Å²) in [6.07, 6.45) is 5.11. The zero-order valence-electron chi connectivity index (χ0n) is 17.0. The van der Waals surface area contributed by atoms with Crippen molar-refractivity contribution in [2.75, 3.05) is 6.61 Å². The number of carbonyl (C=O) groups excluding carboxylic acids is 2. The Bertz CT molecular complexity index is 971. The maximum absolute atomic E-state index is 12.8. The van der Waals surface area contributed by atoms with Crippen LogP contribution in [0.1, 0.15) is 47.7 Å². The number of hydrogen-bond donors (Lipinski definition) is 1. The van der Waals surface area contributed by atoms with E-state index in [4.69, 9.17) is 17.0 Å². The van der Waals surface area contributed by atoms with Crippen LogP contribution in [0.25, 0.3) is 6.08 Å². The Hall–Kier alpha value is -2.64. The second kappa shape index (κ2) is 10.4. The first-order valence-electron chi connectivity index (χ1n) is 9.87. The normalized spacial score (nSPS) is 15.0. The average Bonchev–Trinajstić information content (AvgIpc) is 3.00. The number of rotatable bonds is 8. The molecule has 1 aliphatic heterocycles. The van der Waals surface area contributed by atoms with Crippen LogP contribution in [-0.4, -0.2) is 27.8 Å². The first-order valence-corrected chi connectivity index (χ1v) is 11.1. The zero-order chi connectivity index (χ0) is 21.5. The van der Waals surface area contributed by atoms with Gasteiger partial charge in [-0.3, -0.25) is 15.0 Å². The molecule has 2 aromatic carbocycles. The highest BCUT2D eigenvalue weighted by Crippen LogP contribution is 2.31. The van der Waals surface area contributed by atoms with Crippen molar-refractivity contribution < 1.29 is 14.3 Å². The summed E-state index contributed by atoms with van der Waals surface area (Å²) in [4.78, 5) is 25.7. The lowest BCUT2D eigenvalue weighted by molar-refractivity contribution is -0.123. The summed E-state index contributed by atoms with van der Waals surface area (Å²) in [5.41, 5.74) is 4.81. The van der Waals surface area contributed by atoms with Crippen LogP contribution in [0.3, 0.4) is 0 Å². The van der Waals surface area contributed by atoms with E-state index in [0.717, 1.165) is 52.9 Å². The molecule has 1 aliphatic rings. The monoisotopic (exact) mass is 440 g/mol. The third-order valence-corrected chi connectivity index (χ3v) is 5.89. The predicted molar refractivity (Wildman–Crippen MR) is 125 cm³/mol. The molecule has 0 aliphatic carbocycles. The third kappa shape index (κ3) is 5.49. The summed E-state index contributed by atoms with van der Waals surface area (Å²) in [7, 11) is 0. The maximum atomic E-state index is 12.8. The number of nitrogens with zero attached hydrogens (tertiary/aromatic N) is 1. The van der Waals surface area contributed by atoms with E-state index in [2.05, 4.69) is 12.3 Å². The van der Waals surface area contributed by atoms with Gasteiger partial charge in [0.25, 0.3) is 11.8 Å². The van der Waals surface area contributed by atoms with E-state index in [-0.39, 0.29) is 11.8 Å². The van der Waals surface area contributed by atoms with Gasteiger partial charge >= 0.3 is 0 Å². The topological polar surface area (TPSA) is 58.6 Å². The van der Waals surface area contributed by atoms with Gasteiger partial charge in [0.15, 0.2) is 4.32 Å². The van der Waals surface area contributed by atoms with Gasteiger partial charge in [0.05, 0.1) is 11.5 Å². The molecule has 7 heteroatoms. The highest BCUT2D eigenvalue weighted by molar-refractivity contribution is 8.26. The molecule has 0 radical (unpaired) electrons. The van der Waals surface area contributed by atoms with Crippen molar-refractivity contribution in [3.63, 3.8) is 0 Å². The molecule has 1 heterocycles. The van der Waals surface area contributed by atoms with E-state index in [1.165, 1.54) is 0 Å². The third-order valence-electron chi connectivity index (χ3n) is 4.59. The smallest absolute Gasteiger partial charge is 0.285 e. The van der Waals surface area contributed by atoms with Crippen LogP contribution in [-0.2, 0) is 4.79 Å². The van der Waals surface area contributed by atoms with E-state index in [9.17, 15) is 9.59 Å². The van der Waals surface area contributed by atoms with Gasteiger partial charge in [-0.05, 0) is 61.0 Å². The summed E-state index contributed by atoms with van der Waals surface area (Å²) < 4.78 is 6.01. The van der Waals surface area contributed by atoms with E-state index >= 15 is 0 Å². The van der Waals surface area contributed by atoms with Gasteiger partial charge < -0.3 is 4.74 Å². The molecule has 1 saturated heterocycles. The van der Waals surface area contributed by atoms with Crippen LogP contribution >= 0.6 is 24.0 Å². The van der Waals surface area contributed by atoms with Crippen LogP contribution in [0.15, 0.2) is 53.4 Å². The Morgan fingerprint density at radius 2 is 1.90 bits per heavy atom. The molecule has 30 heavy (non-hydrogen) atoms. The molecule has 3 rings (SSSR count). The SMILES string of the molecule is CCCCCOc1ccc(/C=C2\SC(=S)N(NC(=O)c3ccccc3C)C2=O)cc1. The largest absolute Gasteiger partial charge is 0.494 e. The summed E-state index contributed by atoms with van der Waals surface area (Å²) in [5.74, 6) is 0.100. The van der Waals surface area contributed by atoms with Crippen molar-refractivity contribution >= 4 is 46.2 Å². The van der Waals surface area contributed by atoms with Gasteiger partial charge in [-0.1, -0.05) is 61.9 Å². The van der Waals surface area contributed by atoms with E-state index in [1.54, 1.807) is 18.2 Å². The number of thiocarbonyl (C=S) groups is 1. The van der Waals surface area contributed by atoms with Gasteiger partial charge in [0.2, 0.25) is 0 Å². The molecular weight excluding hydrogens is 416 g/mol. The average molecular weight is 441 g/mol. The van der Waals surface area contributed by atoms with Crippen molar-refractivity contribution in [3.8, 4) is 5.75 Å². The molecule has 0 unspecified atom stereocenters. The van der Waals surface area contributed by atoms with Gasteiger partial charge in [0.1, 0.15) is 5.75 Å². The van der Waals surface area contributed by atoms with Crippen LogP contribution in [0.4, 0.5) is 0 Å². The molecule has 5 nitrogen and oxygen atoms in total. The fourth-order valence-corrected chi connectivity index (χ4v) is 4.09. The lowest BCUT2D eigenvalue weighted by Crippen LogP contribution is -2.45. The second-order valence-corrected chi connectivity index (χ2v) is 8.57. The van der Waals surface area contributed by atoms with Crippen LogP contribution < -0.4 is 10.2 Å². The fraction of sp³-hybridized carbons (Fsp3) is 0.261. The molecule has 156 valence electrons. The number of ether oxygens (including phenoxy) is 1. The summed E-state index contributed by atoms with van der Waals surface area (Å²) >= 11 is 6.46. The molecule has 0 aromatic heterocycles. The number of aryl methyl sites for hydroxylation is 1. The highest BCUT2D eigenvalue weighted by atomic mass is 32.2. The Kier molecular flexibility index (Phi) is 7.65. The molecule has 1 fully saturated rings. The molecule has 1 N–H and O–H groups in total. The van der Waals surface area contributed by atoms with Gasteiger partial charge in [-0.15, -0.1) is 0 Å². The number of hydrazine groups is 1. The molecule has 2 aromatic rings. The molecular formula is C23H24N2O3S2. The van der Waals surface area contributed by atoms with E-state index < -0.39 is 0 Å². The van der Waals surface area contributed by atoms with Crippen molar-refractivity contribution in [2.45, 2.75) is 33.1 Å². The van der Waals surface area contributed by atoms with Gasteiger partial charge in [-0.25, -0.2) is 0 Å². The number of hydrogen-bond acceptors (Lipinski definition) is 5. The van der Waals surface area contributed by atoms with E-state index in [1.807, 2.05) is 43.3 Å². The highest BCUT2D eigenvalue weighted by Gasteiger charge is 2.33. The van der Waals surface area contributed by atoms with Crippen molar-refractivity contribution in [2.24, 2.45) is 0 Å². The predicted octanol–water partition coefficient (Wildman–Crippen LogP) is 5.11. The standard InChI is InChI=1S/C23H24N2O3S2/c1-3-4-7-14-28-18-12-10-17(11-13-18)15-20-22(27)25(23(29)30-20)24-21(26)19-9-6-5-8-16(19)2/h5-6,8-13,15H,3-4,7,14H2,1-2H3,(H,24,26)/b20-15-. The number of unbranched alkanes of at least 4 members (excludes halogenated alkanes) is 2. The number of amides is 2. The van der Waals surface area contributed by atoms with Crippen molar-refractivity contribution in [3.05, 3.63) is 70.1 Å². The molecule has 0 bridgehead atoms. The number of thioether (sulfide) groups is 1. The minimum atomic E-state index is -0.366. The Morgan fingerprint density at radius 3 is 2.60 bits per heavy atom. The number of nitrogens with one attached hydrogen (secondary N) is 1. The zero-order valence-corrected chi connectivity index (χ0v) is 18.6. The van der Waals surface area contributed by atoms with Gasteiger partial charge in [-0.2, -0.15) is 5.01 Å². The molecule has 0 spiro atoms. The van der Waals surface area contributed by atoms with Crippen molar-refractivity contribution in [1.29, 1.82) is 0 Å². The Labute approximate surface area is 186 Å². The molecule has 0 atom stereocenters. The van der Waals surface area contributed by atoms with Gasteiger partial charge in [0, 0.05) is 5.56 Å². The second-order valence-electron chi connectivity index (χ2n) is 6.90. The first-order chi connectivity index (χ1) is 14.5. The fourth-order valence-electron chi connectivity index (χ4n) is 2.91. The summed E-state index contributed by atoms with van der Waals surface area (Å²) in [6, 6.07) is 14.8. The lowest BCUT2D eigenvalue weighted by atomic mass is 10.1. The first kappa shape index (κ1) is 22.1. The lowest BCUT2D eigenvalue weighted by Gasteiger charge is -2.16. The van der Waals surface area contributed by atoms with E-state index in [0.29, 0.717) is 21.4 Å². The van der Waals surface area contributed by atoms with Crippen LogP contribution in [0.2, 0.25) is 0 Å². The number of benzene rings is 2. The number of carbonyl (C=O) groups is 2. The summed E-state index contributed by atoms with van der Waals surface area (Å²) in [6.45, 7) is 4.70. The Morgan fingerprint density at radius 1 is 1.17 bits per heavy atom. The molecule has 0 saturated carbocycles.